The third-order valence-electron chi connectivity index (χ3n) is 3.56. The molecule has 0 aromatic heterocycles. The van der Waals surface area contributed by atoms with Gasteiger partial charge >= 0.3 is 0 Å². The highest BCUT2D eigenvalue weighted by molar-refractivity contribution is 5.83. The normalized spacial score (nSPS) is 17.5. The largest absolute Gasteiger partial charge is 0.376 e. The molecule has 1 fully saturated rings. The van der Waals surface area contributed by atoms with E-state index in [0.717, 1.165) is 25.0 Å². The summed E-state index contributed by atoms with van der Waals surface area (Å²) in [6.45, 7) is 3.29. The lowest BCUT2D eigenvalue weighted by Crippen LogP contribution is -2.43. The highest BCUT2D eigenvalue weighted by atomic mass is 16.5. The summed E-state index contributed by atoms with van der Waals surface area (Å²) < 4.78 is 5.52. The monoisotopic (exact) mass is 290 g/mol. The van der Waals surface area contributed by atoms with E-state index in [-0.39, 0.29) is 24.5 Å². The van der Waals surface area contributed by atoms with E-state index in [1.54, 1.807) is 4.90 Å². The summed E-state index contributed by atoms with van der Waals surface area (Å²) in [6.07, 6.45) is 2.04. The summed E-state index contributed by atoms with van der Waals surface area (Å²) in [5, 5.41) is 2.84. The van der Waals surface area contributed by atoms with E-state index in [0.29, 0.717) is 13.1 Å². The van der Waals surface area contributed by atoms with Crippen LogP contribution in [-0.4, -0.2) is 42.5 Å². The van der Waals surface area contributed by atoms with Gasteiger partial charge in [0.05, 0.1) is 12.6 Å². The van der Waals surface area contributed by atoms with E-state index in [4.69, 9.17) is 4.74 Å². The average Bonchev–Trinajstić information content (AvgIpc) is 2.98. The van der Waals surface area contributed by atoms with Gasteiger partial charge in [0.1, 0.15) is 0 Å². The summed E-state index contributed by atoms with van der Waals surface area (Å²) in [7, 11) is 0. The third-order valence-corrected chi connectivity index (χ3v) is 3.56. The first-order chi connectivity index (χ1) is 10.1. The van der Waals surface area contributed by atoms with E-state index < -0.39 is 0 Å². The number of ether oxygens (including phenoxy) is 1. The van der Waals surface area contributed by atoms with Gasteiger partial charge in [-0.2, -0.15) is 0 Å². The maximum Gasteiger partial charge on any atom is 0.239 e. The fourth-order valence-electron chi connectivity index (χ4n) is 2.36. The minimum Gasteiger partial charge on any atom is -0.376 e. The maximum atomic E-state index is 12.0. The highest BCUT2D eigenvalue weighted by Crippen LogP contribution is 2.13. The van der Waals surface area contributed by atoms with Gasteiger partial charge in [0.25, 0.3) is 0 Å². The number of nitrogens with zero attached hydrogens (tertiary/aromatic N) is 1. The minimum atomic E-state index is -0.146. The van der Waals surface area contributed by atoms with Crippen molar-refractivity contribution in [1.82, 2.24) is 10.2 Å². The van der Waals surface area contributed by atoms with Crippen molar-refractivity contribution in [2.24, 2.45) is 0 Å². The van der Waals surface area contributed by atoms with E-state index in [1.165, 1.54) is 6.92 Å². The molecule has 21 heavy (non-hydrogen) atoms. The molecule has 1 aliphatic rings. The highest BCUT2D eigenvalue weighted by Gasteiger charge is 2.22. The quantitative estimate of drug-likeness (QED) is 0.860. The standard InChI is InChI=1S/C16H22N2O3/c1-13(19)18(11-15-8-5-9-21-15)12-16(20)17-10-14-6-3-2-4-7-14/h2-4,6-7,15H,5,8-12H2,1H3,(H,17,20). The Labute approximate surface area is 125 Å². The number of amides is 2. The smallest absolute Gasteiger partial charge is 0.239 e. The summed E-state index contributed by atoms with van der Waals surface area (Å²) in [5.41, 5.74) is 1.04. The Bertz CT molecular complexity index is 470. The van der Waals surface area contributed by atoms with Gasteiger partial charge in [-0.15, -0.1) is 0 Å². The molecule has 2 rings (SSSR count). The molecule has 1 N–H and O–H groups in total. The summed E-state index contributed by atoms with van der Waals surface area (Å²) >= 11 is 0. The van der Waals surface area contributed by atoms with E-state index in [9.17, 15) is 9.59 Å². The topological polar surface area (TPSA) is 58.6 Å². The molecule has 1 heterocycles. The molecular formula is C16H22N2O3. The molecule has 0 saturated carbocycles. The van der Waals surface area contributed by atoms with Gasteiger partial charge < -0.3 is 15.0 Å². The van der Waals surface area contributed by atoms with Gasteiger partial charge in [-0.05, 0) is 18.4 Å². The second kappa shape index (κ2) is 7.78. The number of carbonyl (C=O) groups excluding carboxylic acids is 2. The van der Waals surface area contributed by atoms with Crippen LogP contribution in [0.2, 0.25) is 0 Å². The first kappa shape index (κ1) is 15.5. The zero-order chi connectivity index (χ0) is 15.1. The van der Waals surface area contributed by atoms with Crippen molar-refractivity contribution in [3.63, 3.8) is 0 Å². The number of hydrogen-bond donors (Lipinski definition) is 1. The molecule has 1 aromatic rings. The molecule has 114 valence electrons. The third kappa shape index (κ3) is 5.19. The number of rotatable bonds is 6. The zero-order valence-corrected chi connectivity index (χ0v) is 12.4. The van der Waals surface area contributed by atoms with Gasteiger partial charge in [0.15, 0.2) is 0 Å². The summed E-state index contributed by atoms with van der Waals surface area (Å²) in [4.78, 5) is 25.1. The van der Waals surface area contributed by atoms with Crippen LogP contribution in [0.5, 0.6) is 0 Å². The molecule has 1 aromatic carbocycles. The molecule has 5 nitrogen and oxygen atoms in total. The first-order valence-electron chi connectivity index (χ1n) is 7.33. The van der Waals surface area contributed by atoms with Crippen LogP contribution >= 0.6 is 0 Å². The lowest BCUT2D eigenvalue weighted by Gasteiger charge is -2.23. The van der Waals surface area contributed by atoms with Crippen molar-refractivity contribution in [2.75, 3.05) is 19.7 Å². The summed E-state index contributed by atoms with van der Waals surface area (Å²) in [5.74, 6) is -0.243. The molecule has 1 saturated heterocycles. The van der Waals surface area contributed by atoms with Crippen molar-refractivity contribution in [2.45, 2.75) is 32.4 Å². The Morgan fingerprint density at radius 2 is 2.10 bits per heavy atom. The second-order valence-electron chi connectivity index (χ2n) is 5.30. The predicted octanol–water partition coefficient (Wildman–Crippen LogP) is 1.33. The molecule has 0 spiro atoms. The Morgan fingerprint density at radius 3 is 2.71 bits per heavy atom. The number of benzene rings is 1. The molecule has 5 heteroatoms. The van der Waals surface area contributed by atoms with E-state index >= 15 is 0 Å². The zero-order valence-electron chi connectivity index (χ0n) is 12.4. The van der Waals surface area contributed by atoms with Crippen LogP contribution in [0.1, 0.15) is 25.3 Å². The van der Waals surface area contributed by atoms with Gasteiger partial charge in [0, 0.05) is 26.6 Å². The second-order valence-corrected chi connectivity index (χ2v) is 5.30. The van der Waals surface area contributed by atoms with Gasteiger partial charge in [0.2, 0.25) is 11.8 Å². The molecule has 1 unspecified atom stereocenters. The number of nitrogens with one attached hydrogen (secondary N) is 1. The van der Waals surface area contributed by atoms with Crippen LogP contribution in [-0.2, 0) is 20.9 Å². The van der Waals surface area contributed by atoms with Crippen molar-refractivity contribution < 1.29 is 14.3 Å². The van der Waals surface area contributed by atoms with Gasteiger partial charge in [-0.1, -0.05) is 30.3 Å². The Kier molecular flexibility index (Phi) is 5.75. The lowest BCUT2D eigenvalue weighted by molar-refractivity contribution is -0.135. The number of carbonyl (C=O) groups is 2. The molecule has 1 atom stereocenters. The Hall–Kier alpha value is -1.88. The van der Waals surface area contributed by atoms with Crippen LogP contribution < -0.4 is 5.32 Å². The fourth-order valence-corrected chi connectivity index (χ4v) is 2.36. The van der Waals surface area contributed by atoms with Gasteiger partial charge in [-0.3, -0.25) is 9.59 Å². The predicted molar refractivity (Wildman–Crippen MR) is 79.5 cm³/mol. The van der Waals surface area contributed by atoms with Crippen LogP contribution in [0.15, 0.2) is 30.3 Å². The molecule has 1 aliphatic heterocycles. The average molecular weight is 290 g/mol. The van der Waals surface area contributed by atoms with Crippen LogP contribution in [0.4, 0.5) is 0 Å². The van der Waals surface area contributed by atoms with Crippen LogP contribution in [0.3, 0.4) is 0 Å². The van der Waals surface area contributed by atoms with E-state index in [1.807, 2.05) is 30.3 Å². The summed E-state index contributed by atoms with van der Waals surface area (Å²) in [6, 6.07) is 9.71. The Morgan fingerprint density at radius 1 is 1.33 bits per heavy atom. The molecular weight excluding hydrogens is 268 g/mol. The molecule has 0 bridgehead atoms. The fraction of sp³-hybridized carbons (Fsp3) is 0.500. The molecule has 2 amide bonds. The van der Waals surface area contributed by atoms with Crippen molar-refractivity contribution >= 4 is 11.8 Å². The van der Waals surface area contributed by atoms with Crippen LogP contribution in [0.25, 0.3) is 0 Å². The van der Waals surface area contributed by atoms with Crippen molar-refractivity contribution in [3.8, 4) is 0 Å². The molecule has 0 radical (unpaired) electrons. The van der Waals surface area contributed by atoms with Gasteiger partial charge in [-0.25, -0.2) is 0 Å². The number of hydrogen-bond acceptors (Lipinski definition) is 3. The van der Waals surface area contributed by atoms with Crippen molar-refractivity contribution in [3.05, 3.63) is 35.9 Å². The molecule has 0 aliphatic carbocycles. The maximum absolute atomic E-state index is 12.0. The SMILES string of the molecule is CC(=O)N(CC(=O)NCc1ccccc1)CC1CCCO1. The van der Waals surface area contributed by atoms with E-state index in [2.05, 4.69) is 5.32 Å². The minimum absolute atomic E-state index is 0.0656. The lowest BCUT2D eigenvalue weighted by atomic mass is 10.2. The first-order valence-corrected chi connectivity index (χ1v) is 7.33. The van der Waals surface area contributed by atoms with Crippen LogP contribution in [0, 0.1) is 0 Å². The van der Waals surface area contributed by atoms with Crippen molar-refractivity contribution in [1.29, 1.82) is 0 Å². The Balaban J connectivity index is 1.79.